The van der Waals surface area contributed by atoms with Gasteiger partial charge < -0.3 is 9.30 Å². The predicted molar refractivity (Wildman–Crippen MR) is 91.3 cm³/mol. The maximum atomic E-state index is 12.0. The second kappa shape index (κ2) is 6.48. The van der Waals surface area contributed by atoms with Gasteiger partial charge in [-0.25, -0.2) is 4.98 Å². The highest BCUT2D eigenvalue weighted by Gasteiger charge is 2.11. The molecule has 0 aliphatic carbocycles. The van der Waals surface area contributed by atoms with Crippen LogP contribution in [0.5, 0.6) is 5.75 Å². The minimum Gasteiger partial charge on any atom is -0.484 e. The lowest BCUT2D eigenvalue weighted by Gasteiger charge is -2.07. The average molecular weight is 350 g/mol. The summed E-state index contributed by atoms with van der Waals surface area (Å²) in [6.45, 7) is -0.119. The van der Waals surface area contributed by atoms with E-state index in [2.05, 4.69) is 10.3 Å². The van der Waals surface area contributed by atoms with Crippen molar-refractivity contribution in [1.29, 1.82) is 0 Å². The van der Waals surface area contributed by atoms with E-state index in [1.807, 2.05) is 13.1 Å². The summed E-state index contributed by atoms with van der Waals surface area (Å²) in [7, 11) is 1.82. The topological polar surface area (TPSA) is 56.2 Å². The molecule has 0 radical (unpaired) electrons. The fraction of sp³-hybridized carbons (Fsp3) is 0.125. The van der Waals surface area contributed by atoms with Crippen LogP contribution in [0.3, 0.4) is 0 Å². The molecule has 1 aromatic heterocycles. The highest BCUT2D eigenvalue weighted by Crippen LogP contribution is 2.22. The first-order valence-corrected chi connectivity index (χ1v) is 7.59. The third-order valence-electron chi connectivity index (χ3n) is 3.28. The number of rotatable bonds is 4. The van der Waals surface area contributed by atoms with Crippen LogP contribution in [0.1, 0.15) is 0 Å². The summed E-state index contributed by atoms with van der Waals surface area (Å²) in [4.78, 5) is 16.4. The number of carbonyl (C=O) groups is 1. The van der Waals surface area contributed by atoms with Crippen molar-refractivity contribution in [3.8, 4) is 5.75 Å². The molecule has 3 rings (SSSR count). The number of halogens is 2. The van der Waals surface area contributed by atoms with Crippen molar-refractivity contribution >= 4 is 46.1 Å². The van der Waals surface area contributed by atoms with E-state index in [9.17, 15) is 4.79 Å². The molecular weight excluding hydrogens is 337 g/mol. The van der Waals surface area contributed by atoms with E-state index in [-0.39, 0.29) is 12.5 Å². The molecule has 0 saturated heterocycles. The van der Waals surface area contributed by atoms with Crippen LogP contribution in [0.2, 0.25) is 10.0 Å². The monoisotopic (exact) mass is 349 g/mol. The lowest BCUT2D eigenvalue weighted by Crippen LogP contribution is -2.22. The number of aryl methyl sites for hydroxylation is 1. The summed E-state index contributed by atoms with van der Waals surface area (Å²) < 4.78 is 7.18. The van der Waals surface area contributed by atoms with Crippen LogP contribution in [-0.4, -0.2) is 22.1 Å². The molecule has 0 aliphatic rings. The number of aromatic nitrogens is 2. The van der Waals surface area contributed by atoms with Gasteiger partial charge in [-0.15, -0.1) is 0 Å². The molecular formula is C16H13Cl2N3O2. The molecule has 1 N–H and O–H groups in total. The van der Waals surface area contributed by atoms with Gasteiger partial charge in [0.15, 0.2) is 6.61 Å². The van der Waals surface area contributed by atoms with E-state index < -0.39 is 0 Å². The number of anilines is 1. The molecule has 3 aromatic rings. The lowest BCUT2D eigenvalue weighted by molar-refractivity contribution is -0.118. The summed E-state index contributed by atoms with van der Waals surface area (Å²) in [5.41, 5.74) is 1.59. The Bertz CT molecular complexity index is 860. The van der Waals surface area contributed by atoms with E-state index in [1.54, 1.807) is 41.0 Å². The Balaban J connectivity index is 1.68. The van der Waals surface area contributed by atoms with Gasteiger partial charge in [-0.3, -0.25) is 10.1 Å². The molecule has 0 fully saturated rings. The largest absolute Gasteiger partial charge is 0.484 e. The normalized spacial score (nSPS) is 10.7. The molecule has 1 amide bonds. The number of ether oxygens (including phenoxy) is 1. The second-order valence-corrected chi connectivity index (χ2v) is 5.79. The van der Waals surface area contributed by atoms with Gasteiger partial charge in [0, 0.05) is 17.1 Å². The van der Waals surface area contributed by atoms with Gasteiger partial charge in [0.1, 0.15) is 5.75 Å². The molecule has 5 nitrogen and oxygen atoms in total. The van der Waals surface area contributed by atoms with Crippen molar-refractivity contribution in [3.05, 3.63) is 52.5 Å². The van der Waals surface area contributed by atoms with Crippen LogP contribution < -0.4 is 10.1 Å². The Morgan fingerprint density at radius 3 is 2.61 bits per heavy atom. The summed E-state index contributed by atoms with van der Waals surface area (Å²) in [6, 6.07) is 12.2. The van der Waals surface area contributed by atoms with E-state index in [0.717, 1.165) is 5.52 Å². The van der Waals surface area contributed by atoms with Gasteiger partial charge in [-0.1, -0.05) is 23.2 Å². The fourth-order valence-electron chi connectivity index (χ4n) is 2.13. The molecule has 0 atom stereocenters. The van der Waals surface area contributed by atoms with Crippen LogP contribution in [-0.2, 0) is 11.8 Å². The maximum absolute atomic E-state index is 12.0. The first-order chi connectivity index (χ1) is 11.0. The Morgan fingerprint density at radius 2 is 1.87 bits per heavy atom. The van der Waals surface area contributed by atoms with Gasteiger partial charge in [-0.2, -0.15) is 0 Å². The number of nitrogens with zero attached hydrogens (tertiary/aromatic N) is 2. The van der Waals surface area contributed by atoms with Crippen LogP contribution >= 0.6 is 23.2 Å². The highest BCUT2D eigenvalue weighted by atomic mass is 35.5. The third-order valence-corrected chi connectivity index (χ3v) is 3.76. The van der Waals surface area contributed by atoms with E-state index >= 15 is 0 Å². The zero-order chi connectivity index (χ0) is 16.4. The Hall–Kier alpha value is -2.24. The van der Waals surface area contributed by atoms with Gasteiger partial charge in [0.05, 0.1) is 11.0 Å². The Kier molecular flexibility index (Phi) is 4.41. The molecule has 0 unspecified atom stereocenters. The smallest absolute Gasteiger partial charge is 0.264 e. The van der Waals surface area contributed by atoms with Crippen molar-refractivity contribution in [2.75, 3.05) is 11.9 Å². The van der Waals surface area contributed by atoms with Crippen LogP contribution in [0.15, 0.2) is 42.5 Å². The van der Waals surface area contributed by atoms with E-state index in [1.165, 1.54) is 0 Å². The van der Waals surface area contributed by atoms with Crippen molar-refractivity contribution < 1.29 is 9.53 Å². The van der Waals surface area contributed by atoms with Crippen molar-refractivity contribution in [2.24, 2.45) is 7.05 Å². The minimum atomic E-state index is -0.301. The number of hydrogen-bond donors (Lipinski definition) is 1. The number of fused-ring (bicyclic) bond motifs is 1. The van der Waals surface area contributed by atoms with Crippen LogP contribution in [0, 0.1) is 0 Å². The average Bonchev–Trinajstić information content (AvgIpc) is 2.82. The zero-order valence-electron chi connectivity index (χ0n) is 12.2. The van der Waals surface area contributed by atoms with Crippen molar-refractivity contribution in [3.63, 3.8) is 0 Å². The molecule has 0 bridgehead atoms. The molecule has 1 heterocycles. The van der Waals surface area contributed by atoms with Crippen LogP contribution in [0.25, 0.3) is 11.0 Å². The summed E-state index contributed by atoms with van der Waals surface area (Å²) in [5, 5.41) is 3.93. The molecule has 23 heavy (non-hydrogen) atoms. The van der Waals surface area contributed by atoms with Gasteiger partial charge in [-0.05, 0) is 42.5 Å². The van der Waals surface area contributed by atoms with Crippen LogP contribution in [0.4, 0.5) is 5.95 Å². The molecule has 0 aliphatic heterocycles. The molecule has 2 aromatic carbocycles. The van der Waals surface area contributed by atoms with Gasteiger partial charge >= 0.3 is 0 Å². The number of amides is 1. The Morgan fingerprint density at radius 1 is 1.17 bits per heavy atom. The summed E-state index contributed by atoms with van der Waals surface area (Å²) in [6.07, 6.45) is 0. The first-order valence-electron chi connectivity index (χ1n) is 6.83. The Labute approximate surface area is 142 Å². The maximum Gasteiger partial charge on any atom is 0.264 e. The predicted octanol–water partition coefficient (Wildman–Crippen LogP) is 3.90. The van der Waals surface area contributed by atoms with E-state index in [0.29, 0.717) is 27.3 Å². The quantitative estimate of drug-likeness (QED) is 0.777. The van der Waals surface area contributed by atoms with Crippen molar-refractivity contribution in [1.82, 2.24) is 9.55 Å². The van der Waals surface area contributed by atoms with Crippen molar-refractivity contribution in [2.45, 2.75) is 0 Å². The standard InChI is InChI=1S/C16H13Cl2N3O2/c1-21-14-7-4-11(18)8-13(14)19-16(21)20-15(22)9-23-12-5-2-10(17)3-6-12/h2-8H,9H2,1H3,(H,19,20,22). The van der Waals surface area contributed by atoms with Gasteiger partial charge in [0.25, 0.3) is 5.91 Å². The minimum absolute atomic E-state index is 0.119. The highest BCUT2D eigenvalue weighted by molar-refractivity contribution is 6.31. The fourth-order valence-corrected chi connectivity index (χ4v) is 2.42. The molecule has 0 saturated carbocycles. The third kappa shape index (κ3) is 3.57. The summed E-state index contributed by atoms with van der Waals surface area (Å²) >= 11 is 11.7. The lowest BCUT2D eigenvalue weighted by atomic mass is 10.3. The number of nitrogens with one attached hydrogen (secondary N) is 1. The summed E-state index contributed by atoms with van der Waals surface area (Å²) in [5.74, 6) is 0.706. The SMILES string of the molecule is Cn1c(NC(=O)COc2ccc(Cl)cc2)nc2cc(Cl)ccc21. The zero-order valence-corrected chi connectivity index (χ0v) is 13.7. The molecule has 0 spiro atoms. The first kappa shape index (κ1) is 15.6. The number of benzene rings is 2. The molecule has 7 heteroatoms. The number of hydrogen-bond acceptors (Lipinski definition) is 3. The molecule has 118 valence electrons. The number of carbonyl (C=O) groups excluding carboxylic acids is 1. The van der Waals surface area contributed by atoms with Gasteiger partial charge in [0.2, 0.25) is 5.95 Å². The van der Waals surface area contributed by atoms with E-state index in [4.69, 9.17) is 27.9 Å². The number of imidazole rings is 1. The second-order valence-electron chi connectivity index (χ2n) is 4.92.